The monoisotopic (exact) mass is 333 g/mol. The first-order valence-corrected chi connectivity index (χ1v) is 8.37. The molecule has 1 fully saturated rings. The van der Waals surface area contributed by atoms with Crippen LogP contribution in [-0.4, -0.2) is 56.0 Å². The first kappa shape index (κ1) is 18.1. The van der Waals surface area contributed by atoms with E-state index in [0.717, 1.165) is 24.5 Å². The van der Waals surface area contributed by atoms with Gasteiger partial charge < -0.3 is 19.9 Å². The van der Waals surface area contributed by atoms with Crippen molar-refractivity contribution in [3.8, 4) is 5.75 Å². The van der Waals surface area contributed by atoms with Crippen LogP contribution in [0.4, 0.5) is 5.69 Å². The summed E-state index contributed by atoms with van der Waals surface area (Å²) in [5.41, 5.74) is 1.10. The third-order valence-electron chi connectivity index (χ3n) is 4.30. The van der Waals surface area contributed by atoms with Crippen molar-refractivity contribution in [2.24, 2.45) is 5.92 Å². The molecule has 1 saturated heterocycles. The fourth-order valence-corrected chi connectivity index (χ4v) is 2.92. The number of hydrogen-bond acceptors (Lipinski definition) is 4. The fraction of sp³-hybridized carbons (Fsp3) is 0.556. The topological polar surface area (TPSA) is 61.9 Å². The van der Waals surface area contributed by atoms with Gasteiger partial charge in [-0.15, -0.1) is 0 Å². The molecule has 0 spiro atoms. The second kappa shape index (κ2) is 8.04. The molecule has 2 amide bonds. The number of rotatable bonds is 5. The van der Waals surface area contributed by atoms with Gasteiger partial charge in [-0.25, -0.2) is 0 Å². The van der Waals surface area contributed by atoms with Gasteiger partial charge in [0.05, 0.1) is 7.11 Å². The average Bonchev–Trinajstić information content (AvgIpc) is 2.59. The summed E-state index contributed by atoms with van der Waals surface area (Å²) in [5, 5.41) is 2.77. The number of nitrogens with zero attached hydrogens (tertiary/aromatic N) is 2. The number of carbonyl (C=O) groups excluding carboxylic acids is 2. The highest BCUT2D eigenvalue weighted by Crippen LogP contribution is 2.22. The second-order valence-electron chi connectivity index (χ2n) is 6.44. The Labute approximate surface area is 143 Å². The van der Waals surface area contributed by atoms with Gasteiger partial charge in [0.2, 0.25) is 11.8 Å². The van der Waals surface area contributed by atoms with Crippen LogP contribution >= 0.6 is 0 Å². The van der Waals surface area contributed by atoms with Gasteiger partial charge in [-0.3, -0.25) is 9.59 Å². The van der Waals surface area contributed by atoms with E-state index in [9.17, 15) is 9.59 Å². The number of benzene rings is 1. The normalized spacial score (nSPS) is 16.0. The number of piperazine rings is 1. The summed E-state index contributed by atoms with van der Waals surface area (Å²) >= 11 is 0. The summed E-state index contributed by atoms with van der Waals surface area (Å²) in [5.74, 6) is 0.733. The van der Waals surface area contributed by atoms with Gasteiger partial charge in [0.1, 0.15) is 11.8 Å². The summed E-state index contributed by atoms with van der Waals surface area (Å²) in [7, 11) is 1.66. The Balaban J connectivity index is 1.98. The minimum absolute atomic E-state index is 0.00509. The molecule has 132 valence electrons. The molecule has 2 rings (SSSR count). The minimum Gasteiger partial charge on any atom is -0.497 e. The largest absolute Gasteiger partial charge is 0.497 e. The smallest absolute Gasteiger partial charge is 0.245 e. The van der Waals surface area contributed by atoms with E-state index in [1.165, 1.54) is 6.92 Å². The molecular weight excluding hydrogens is 306 g/mol. The number of ether oxygens (including phenoxy) is 1. The standard InChI is InChI=1S/C18H27N3O3/c1-13(2)17(19-14(3)22)18(23)21-10-8-20(9-11-21)15-6-5-7-16(12-15)24-4/h5-7,12-13,17H,8-11H2,1-4H3,(H,19,22)/t17-/m0/s1. The van der Waals surface area contributed by atoms with Gasteiger partial charge in [0, 0.05) is 44.9 Å². The number of methoxy groups -OCH3 is 1. The summed E-state index contributed by atoms with van der Waals surface area (Å²) < 4.78 is 5.27. The zero-order valence-electron chi connectivity index (χ0n) is 14.9. The van der Waals surface area contributed by atoms with Crippen LogP contribution in [0.2, 0.25) is 0 Å². The molecule has 1 heterocycles. The maximum absolute atomic E-state index is 12.7. The summed E-state index contributed by atoms with van der Waals surface area (Å²) in [6, 6.07) is 7.49. The van der Waals surface area contributed by atoms with Crippen molar-refractivity contribution in [2.75, 3.05) is 38.2 Å². The maximum atomic E-state index is 12.7. The highest BCUT2D eigenvalue weighted by atomic mass is 16.5. The van der Waals surface area contributed by atoms with E-state index < -0.39 is 6.04 Å². The van der Waals surface area contributed by atoms with Crippen LogP contribution < -0.4 is 15.0 Å². The van der Waals surface area contributed by atoms with Crippen molar-refractivity contribution >= 4 is 17.5 Å². The van der Waals surface area contributed by atoms with Gasteiger partial charge in [0.25, 0.3) is 0 Å². The van der Waals surface area contributed by atoms with Crippen molar-refractivity contribution in [3.05, 3.63) is 24.3 Å². The highest BCUT2D eigenvalue weighted by molar-refractivity contribution is 5.87. The molecule has 0 saturated carbocycles. The van der Waals surface area contributed by atoms with Crippen LogP contribution in [-0.2, 0) is 9.59 Å². The minimum atomic E-state index is -0.453. The number of anilines is 1. The SMILES string of the molecule is COc1cccc(N2CCN(C(=O)[C@@H](NC(C)=O)C(C)C)CC2)c1. The predicted octanol–water partition coefficient (Wildman–Crippen LogP) is 1.50. The molecule has 0 bridgehead atoms. The maximum Gasteiger partial charge on any atom is 0.245 e. The van der Waals surface area contributed by atoms with Crippen LogP contribution in [0.1, 0.15) is 20.8 Å². The van der Waals surface area contributed by atoms with Crippen LogP contribution in [0.25, 0.3) is 0 Å². The van der Waals surface area contributed by atoms with Crippen molar-refractivity contribution in [3.63, 3.8) is 0 Å². The Hall–Kier alpha value is -2.24. The van der Waals surface area contributed by atoms with E-state index in [4.69, 9.17) is 4.74 Å². The van der Waals surface area contributed by atoms with Crippen molar-refractivity contribution in [1.29, 1.82) is 0 Å². The lowest BCUT2D eigenvalue weighted by Crippen LogP contribution is -2.56. The molecule has 0 unspecified atom stereocenters. The Bertz CT molecular complexity index is 581. The molecule has 1 N–H and O–H groups in total. The third kappa shape index (κ3) is 4.40. The van der Waals surface area contributed by atoms with Gasteiger partial charge in [0.15, 0.2) is 0 Å². The number of nitrogens with one attached hydrogen (secondary N) is 1. The van der Waals surface area contributed by atoms with Crippen LogP contribution in [0.15, 0.2) is 24.3 Å². The van der Waals surface area contributed by atoms with E-state index in [-0.39, 0.29) is 17.7 Å². The first-order valence-electron chi connectivity index (χ1n) is 8.37. The highest BCUT2D eigenvalue weighted by Gasteiger charge is 2.30. The molecule has 6 heteroatoms. The fourth-order valence-electron chi connectivity index (χ4n) is 2.92. The Morgan fingerprint density at radius 2 is 1.83 bits per heavy atom. The molecule has 1 aliphatic rings. The molecule has 0 aromatic heterocycles. The van der Waals surface area contributed by atoms with Crippen molar-refractivity contribution in [2.45, 2.75) is 26.8 Å². The molecule has 0 aliphatic carbocycles. The lowest BCUT2D eigenvalue weighted by Gasteiger charge is -2.38. The lowest BCUT2D eigenvalue weighted by atomic mass is 10.0. The van der Waals surface area contributed by atoms with Gasteiger partial charge in [-0.2, -0.15) is 0 Å². The van der Waals surface area contributed by atoms with E-state index in [0.29, 0.717) is 13.1 Å². The molecule has 1 aromatic rings. The van der Waals surface area contributed by atoms with Gasteiger partial charge in [-0.05, 0) is 18.1 Å². The van der Waals surface area contributed by atoms with E-state index in [1.54, 1.807) is 7.11 Å². The average molecular weight is 333 g/mol. The predicted molar refractivity (Wildman–Crippen MR) is 94.2 cm³/mol. The van der Waals surface area contributed by atoms with Gasteiger partial charge >= 0.3 is 0 Å². The van der Waals surface area contributed by atoms with Crippen molar-refractivity contribution < 1.29 is 14.3 Å². The van der Waals surface area contributed by atoms with Crippen LogP contribution in [0, 0.1) is 5.92 Å². The molecule has 1 atom stereocenters. The van der Waals surface area contributed by atoms with Crippen molar-refractivity contribution in [1.82, 2.24) is 10.2 Å². The quantitative estimate of drug-likeness (QED) is 0.887. The van der Waals surface area contributed by atoms with E-state index >= 15 is 0 Å². The Kier molecular flexibility index (Phi) is 6.06. The summed E-state index contributed by atoms with van der Waals surface area (Å²) in [4.78, 5) is 28.1. The Morgan fingerprint density at radius 3 is 2.38 bits per heavy atom. The Morgan fingerprint density at radius 1 is 1.17 bits per heavy atom. The van der Waals surface area contributed by atoms with Crippen LogP contribution in [0.3, 0.4) is 0 Å². The number of carbonyl (C=O) groups is 2. The van der Waals surface area contributed by atoms with Gasteiger partial charge in [-0.1, -0.05) is 19.9 Å². The van der Waals surface area contributed by atoms with Crippen LogP contribution in [0.5, 0.6) is 5.75 Å². The summed E-state index contributed by atoms with van der Waals surface area (Å²) in [6.07, 6.45) is 0. The molecule has 0 radical (unpaired) electrons. The lowest BCUT2D eigenvalue weighted by molar-refractivity contribution is -0.137. The number of amides is 2. The zero-order valence-corrected chi connectivity index (χ0v) is 14.9. The first-order chi connectivity index (χ1) is 11.4. The van der Waals surface area contributed by atoms with E-state index in [1.807, 2.05) is 43.0 Å². The second-order valence-corrected chi connectivity index (χ2v) is 6.44. The third-order valence-corrected chi connectivity index (χ3v) is 4.30. The zero-order chi connectivity index (χ0) is 17.7. The molecule has 1 aromatic carbocycles. The molecule has 24 heavy (non-hydrogen) atoms. The molecule has 1 aliphatic heterocycles. The molecule has 6 nitrogen and oxygen atoms in total. The summed E-state index contributed by atoms with van der Waals surface area (Å²) in [6.45, 7) is 8.19. The number of hydrogen-bond donors (Lipinski definition) is 1. The van der Waals surface area contributed by atoms with E-state index in [2.05, 4.69) is 10.2 Å². The molecular formula is C18H27N3O3.